The predicted octanol–water partition coefficient (Wildman–Crippen LogP) is 6.18. The monoisotopic (exact) mass is 604 g/mol. The van der Waals surface area contributed by atoms with Crippen molar-refractivity contribution >= 4 is 81.3 Å². The highest BCUT2D eigenvalue weighted by Gasteiger charge is 2.17. The molecule has 2 N–H and O–H groups in total. The van der Waals surface area contributed by atoms with Crippen molar-refractivity contribution in [3.63, 3.8) is 0 Å². The van der Waals surface area contributed by atoms with Gasteiger partial charge in [-0.3, -0.25) is 0 Å². The van der Waals surface area contributed by atoms with Gasteiger partial charge in [-0.15, -0.1) is 47.0 Å². The van der Waals surface area contributed by atoms with Gasteiger partial charge in [0.2, 0.25) is 0 Å². The van der Waals surface area contributed by atoms with Crippen LogP contribution < -0.4 is 9.47 Å². The maximum absolute atomic E-state index is 10.3. The minimum absolute atomic E-state index is 0.306. The minimum Gasteiger partial charge on any atom is -0.491 e. The van der Waals surface area contributed by atoms with Gasteiger partial charge >= 0.3 is 0 Å². The summed E-state index contributed by atoms with van der Waals surface area (Å²) in [5, 5.41) is 22.7. The second-order valence-corrected chi connectivity index (χ2v) is 16.8. The van der Waals surface area contributed by atoms with Gasteiger partial charge in [0.25, 0.3) is 0 Å². The maximum atomic E-state index is 10.3. The van der Waals surface area contributed by atoms with E-state index in [2.05, 4.69) is 47.0 Å². The molecule has 0 bridgehead atoms. The number of thioether (sulfide) groups is 6. The first kappa shape index (κ1) is 29.3. The van der Waals surface area contributed by atoms with Gasteiger partial charge in [0.15, 0.2) is 0 Å². The van der Waals surface area contributed by atoms with Crippen LogP contribution in [-0.4, -0.2) is 90.8 Å². The molecule has 2 aliphatic heterocycles. The van der Waals surface area contributed by atoms with Crippen LogP contribution in [0.5, 0.6) is 11.5 Å². The van der Waals surface area contributed by atoms with Gasteiger partial charge < -0.3 is 19.7 Å². The Morgan fingerprint density at radius 1 is 0.694 bits per heavy atom. The standard InChI is InChI=1S/C26H36O4S6/c27-21(17-31-7-5-25-33-9-10-34-25)15-29-23-3-1-19-13-24(4-2-20(19)14-23)30-16-22(28)18-32-8-6-26-35-11-12-36-26/h1-4,13-14,21-22,25-28H,5-12,15-18H2. The van der Waals surface area contributed by atoms with Crippen LogP contribution >= 0.6 is 70.6 Å². The highest BCUT2D eigenvalue weighted by Crippen LogP contribution is 2.35. The summed E-state index contributed by atoms with van der Waals surface area (Å²) in [6.07, 6.45) is 1.49. The van der Waals surface area contributed by atoms with Gasteiger partial charge in [0.05, 0.1) is 21.4 Å². The topological polar surface area (TPSA) is 58.9 Å². The van der Waals surface area contributed by atoms with Crippen molar-refractivity contribution in [1.82, 2.24) is 0 Å². The molecule has 2 aliphatic rings. The van der Waals surface area contributed by atoms with E-state index in [1.165, 1.54) is 35.9 Å². The van der Waals surface area contributed by atoms with E-state index in [0.717, 1.165) is 42.9 Å². The van der Waals surface area contributed by atoms with Gasteiger partial charge in [-0.05, 0) is 59.4 Å². The summed E-state index contributed by atoms with van der Waals surface area (Å²) in [5.74, 6) is 10.2. The van der Waals surface area contributed by atoms with Gasteiger partial charge in [0.1, 0.15) is 24.7 Å². The van der Waals surface area contributed by atoms with Crippen LogP contribution in [0.1, 0.15) is 12.8 Å². The Morgan fingerprint density at radius 2 is 1.11 bits per heavy atom. The fraction of sp³-hybridized carbons (Fsp3) is 0.615. The molecule has 2 saturated heterocycles. The molecular formula is C26H36O4S6. The summed E-state index contributed by atoms with van der Waals surface area (Å²) < 4.78 is 13.2. The summed E-state index contributed by atoms with van der Waals surface area (Å²) in [4.78, 5) is 0. The number of hydrogen-bond donors (Lipinski definition) is 2. The Bertz CT molecular complexity index is 834. The molecule has 0 spiro atoms. The van der Waals surface area contributed by atoms with Crippen LogP contribution in [0.25, 0.3) is 10.8 Å². The quantitative estimate of drug-likeness (QED) is 0.217. The van der Waals surface area contributed by atoms with Crippen molar-refractivity contribution in [1.29, 1.82) is 0 Å². The molecule has 2 fully saturated rings. The number of benzene rings is 2. The second kappa shape index (κ2) is 16.4. The molecule has 0 aromatic heterocycles. The normalized spacial score (nSPS) is 18.6. The summed E-state index contributed by atoms with van der Waals surface area (Å²) in [5.41, 5.74) is 0. The highest BCUT2D eigenvalue weighted by molar-refractivity contribution is 8.20. The third kappa shape index (κ3) is 10.5. The molecule has 2 atom stereocenters. The number of hydrogen-bond acceptors (Lipinski definition) is 10. The van der Waals surface area contributed by atoms with Crippen LogP contribution in [-0.2, 0) is 0 Å². The minimum atomic E-state index is -0.463. The first-order valence-electron chi connectivity index (χ1n) is 12.4. The largest absolute Gasteiger partial charge is 0.491 e. The smallest absolute Gasteiger partial charge is 0.120 e. The fourth-order valence-corrected chi connectivity index (χ4v) is 11.9. The number of ether oxygens (including phenoxy) is 2. The van der Waals surface area contributed by atoms with E-state index in [-0.39, 0.29) is 0 Å². The maximum Gasteiger partial charge on any atom is 0.120 e. The van der Waals surface area contributed by atoms with Crippen molar-refractivity contribution in [3.8, 4) is 11.5 Å². The molecule has 2 unspecified atom stereocenters. The van der Waals surface area contributed by atoms with Crippen LogP contribution in [0.3, 0.4) is 0 Å². The summed E-state index contributed by atoms with van der Waals surface area (Å²) in [7, 11) is 0. The highest BCUT2D eigenvalue weighted by atomic mass is 32.2. The van der Waals surface area contributed by atoms with E-state index in [4.69, 9.17) is 9.47 Å². The lowest BCUT2D eigenvalue weighted by molar-refractivity contribution is 0.126. The van der Waals surface area contributed by atoms with Crippen molar-refractivity contribution in [3.05, 3.63) is 36.4 Å². The van der Waals surface area contributed by atoms with Crippen LogP contribution in [0, 0.1) is 0 Å². The first-order chi connectivity index (χ1) is 17.7. The lowest BCUT2D eigenvalue weighted by Gasteiger charge is -2.14. The van der Waals surface area contributed by atoms with E-state index in [9.17, 15) is 10.2 Å². The number of rotatable bonds is 16. The third-order valence-electron chi connectivity index (χ3n) is 5.67. The lowest BCUT2D eigenvalue weighted by atomic mass is 10.1. The number of fused-ring (bicyclic) bond motifs is 1. The molecule has 2 aromatic carbocycles. The molecule has 0 saturated carbocycles. The molecule has 36 heavy (non-hydrogen) atoms. The fourth-order valence-electron chi connectivity index (χ4n) is 3.81. The molecule has 0 amide bonds. The number of aliphatic hydroxyl groups excluding tert-OH is 2. The Hall–Kier alpha value is 0.320. The van der Waals surface area contributed by atoms with Crippen LogP contribution in [0.15, 0.2) is 36.4 Å². The first-order valence-corrected chi connectivity index (χ1v) is 18.9. The van der Waals surface area contributed by atoms with E-state index in [1.54, 1.807) is 0 Å². The average Bonchev–Trinajstić information content (AvgIpc) is 3.61. The van der Waals surface area contributed by atoms with Crippen LogP contribution in [0.4, 0.5) is 0 Å². The van der Waals surface area contributed by atoms with Gasteiger partial charge in [-0.1, -0.05) is 12.1 Å². The summed E-state index contributed by atoms with van der Waals surface area (Å²) in [6.45, 7) is 0.613. The number of aliphatic hydroxyl groups is 2. The van der Waals surface area contributed by atoms with Gasteiger partial charge in [0, 0.05) is 34.5 Å². The molecule has 4 nitrogen and oxygen atoms in total. The Morgan fingerprint density at radius 3 is 1.53 bits per heavy atom. The molecular weight excluding hydrogens is 569 g/mol. The molecule has 2 aromatic rings. The van der Waals surface area contributed by atoms with E-state index >= 15 is 0 Å². The molecule has 10 heteroatoms. The Balaban J connectivity index is 1.12. The molecule has 200 valence electrons. The zero-order chi connectivity index (χ0) is 25.0. The zero-order valence-corrected chi connectivity index (χ0v) is 25.3. The molecule has 0 aliphatic carbocycles. The van der Waals surface area contributed by atoms with Crippen molar-refractivity contribution < 1.29 is 19.7 Å². The Kier molecular flexibility index (Phi) is 13.4. The third-order valence-corrected chi connectivity index (χ3v) is 14.3. The lowest BCUT2D eigenvalue weighted by Crippen LogP contribution is -2.20. The summed E-state index contributed by atoms with van der Waals surface area (Å²) in [6, 6.07) is 11.9. The van der Waals surface area contributed by atoms with Gasteiger partial charge in [-0.2, -0.15) is 23.5 Å². The van der Waals surface area contributed by atoms with E-state index in [0.29, 0.717) is 24.7 Å². The molecule has 2 heterocycles. The Labute approximate surface area is 240 Å². The predicted molar refractivity (Wildman–Crippen MR) is 168 cm³/mol. The molecule has 0 radical (unpaired) electrons. The summed E-state index contributed by atoms with van der Waals surface area (Å²) >= 11 is 11.9. The van der Waals surface area contributed by atoms with Crippen molar-refractivity contribution in [2.24, 2.45) is 0 Å². The van der Waals surface area contributed by atoms with Crippen molar-refractivity contribution in [2.45, 2.75) is 34.2 Å². The van der Waals surface area contributed by atoms with Crippen LogP contribution in [0.2, 0.25) is 0 Å². The SMILES string of the molecule is OC(COc1ccc2cc(OCC(O)CSCCC3SCCS3)ccc2c1)CSCCC1SCCS1. The second-order valence-electron chi connectivity index (χ2n) is 8.67. The van der Waals surface area contributed by atoms with Gasteiger partial charge in [-0.25, -0.2) is 0 Å². The van der Waals surface area contributed by atoms with E-state index < -0.39 is 12.2 Å². The van der Waals surface area contributed by atoms with Crippen molar-refractivity contribution in [2.75, 3.05) is 59.2 Å². The molecule has 4 rings (SSSR count). The average molecular weight is 605 g/mol. The zero-order valence-electron chi connectivity index (χ0n) is 20.4. The van der Waals surface area contributed by atoms with E-state index in [1.807, 2.05) is 59.9 Å².